The summed E-state index contributed by atoms with van der Waals surface area (Å²) in [7, 11) is -0.183. The fourth-order valence-electron chi connectivity index (χ4n) is 2.91. The average Bonchev–Trinajstić information content (AvgIpc) is 3.29. The van der Waals surface area contributed by atoms with Crippen LogP contribution in [0.1, 0.15) is 15.2 Å². The van der Waals surface area contributed by atoms with Crippen molar-refractivity contribution in [1.29, 1.82) is 0 Å². The fraction of sp³-hybridized carbons (Fsp3) is 0.316. The number of cyclic esters (lactones) is 1. The summed E-state index contributed by atoms with van der Waals surface area (Å²) in [4.78, 5) is 27.9. The molecule has 1 fully saturated rings. The first-order valence-corrected chi connectivity index (χ1v) is 12.2. The van der Waals surface area contributed by atoms with E-state index in [0.29, 0.717) is 20.5 Å². The molecule has 3 rings (SSSR count). The Morgan fingerprint density at radius 2 is 1.97 bits per heavy atom. The molecule has 1 unspecified atom stereocenters. The quantitative estimate of drug-likeness (QED) is 0.498. The van der Waals surface area contributed by atoms with E-state index in [2.05, 4.69) is 9.71 Å². The minimum absolute atomic E-state index is 0.167. The van der Waals surface area contributed by atoms with Crippen molar-refractivity contribution in [3.8, 4) is 0 Å². The van der Waals surface area contributed by atoms with Crippen LogP contribution in [0.5, 0.6) is 0 Å². The van der Waals surface area contributed by atoms with E-state index >= 15 is 0 Å². The van der Waals surface area contributed by atoms with Crippen LogP contribution in [0.2, 0.25) is 4.34 Å². The Kier molecular flexibility index (Phi) is 6.87. The Hall–Kier alpha value is -2.63. The number of sulfonamides is 1. The van der Waals surface area contributed by atoms with Crippen molar-refractivity contribution in [2.45, 2.75) is 6.10 Å². The summed E-state index contributed by atoms with van der Waals surface area (Å²) in [5.41, 5.74) is 1.18. The molecule has 0 spiro atoms. The summed E-state index contributed by atoms with van der Waals surface area (Å²) in [6, 6.07) is 10.0. The molecule has 31 heavy (non-hydrogen) atoms. The number of rotatable bonds is 6. The first-order valence-electron chi connectivity index (χ1n) is 9.13. The molecule has 0 saturated carbocycles. The smallest absolute Gasteiger partial charge is 0.414 e. The molecule has 166 valence electrons. The highest BCUT2D eigenvalue weighted by atomic mass is 35.5. The largest absolute Gasteiger partial charge is 0.442 e. The number of hydrogen-bond acceptors (Lipinski definition) is 6. The summed E-state index contributed by atoms with van der Waals surface area (Å²) in [5, 5.41) is 2.74. The number of ether oxygens (including phenoxy) is 1. The second kappa shape index (κ2) is 9.25. The van der Waals surface area contributed by atoms with Gasteiger partial charge in [-0.3, -0.25) is 9.69 Å². The second-order valence-corrected chi connectivity index (χ2v) is 10.4. The predicted molar refractivity (Wildman–Crippen MR) is 121 cm³/mol. The topological polar surface area (TPSA) is 108 Å². The number of carbonyl (C=O) groups excluding carboxylic acids is 2. The third-order valence-electron chi connectivity index (χ3n) is 4.27. The van der Waals surface area contributed by atoms with Gasteiger partial charge in [-0.2, -0.15) is 0 Å². The molecule has 1 aromatic carbocycles. The van der Waals surface area contributed by atoms with E-state index < -0.39 is 22.2 Å². The Balaban J connectivity index is 1.66. The lowest BCUT2D eigenvalue weighted by atomic mass is 10.1. The highest BCUT2D eigenvalue weighted by molar-refractivity contribution is 7.89. The van der Waals surface area contributed by atoms with Crippen LogP contribution in [0.15, 0.2) is 40.8 Å². The van der Waals surface area contributed by atoms with Crippen molar-refractivity contribution >= 4 is 56.5 Å². The molecule has 9 nitrogen and oxygen atoms in total. The van der Waals surface area contributed by atoms with Crippen molar-refractivity contribution in [3.05, 3.63) is 51.2 Å². The molecule has 1 aromatic heterocycles. The van der Waals surface area contributed by atoms with Gasteiger partial charge in [0.2, 0.25) is 0 Å². The number of amidine groups is 1. The number of anilines is 1. The summed E-state index contributed by atoms with van der Waals surface area (Å²) >= 11 is 7.01. The normalized spacial score (nSPS) is 16.9. The van der Waals surface area contributed by atoms with Gasteiger partial charge in [-0.05, 0) is 36.4 Å². The van der Waals surface area contributed by atoms with Crippen molar-refractivity contribution in [2.75, 3.05) is 38.3 Å². The molecule has 2 heterocycles. The number of hydrogen-bond donors (Lipinski definition) is 1. The van der Waals surface area contributed by atoms with Crippen LogP contribution in [0.25, 0.3) is 0 Å². The molecular formula is C19H21ClN4O5S2. The molecule has 2 amide bonds. The van der Waals surface area contributed by atoms with Gasteiger partial charge in [-0.25, -0.2) is 13.2 Å². The maximum atomic E-state index is 12.3. The SMILES string of the molecule is CN(C)/C(=N\S(C)(=O)=O)c1ccc(N2CC(CNC(=O)c3ccc(Cl)s3)OC2=O)cc1. The van der Waals surface area contributed by atoms with Crippen molar-refractivity contribution in [1.82, 2.24) is 10.2 Å². The first-order chi connectivity index (χ1) is 14.5. The average molecular weight is 485 g/mol. The van der Waals surface area contributed by atoms with Crippen LogP contribution >= 0.6 is 22.9 Å². The zero-order valence-corrected chi connectivity index (χ0v) is 19.4. The van der Waals surface area contributed by atoms with Gasteiger partial charge < -0.3 is 15.0 Å². The lowest BCUT2D eigenvalue weighted by Gasteiger charge is -2.17. The van der Waals surface area contributed by atoms with E-state index in [1.165, 1.54) is 16.2 Å². The zero-order chi connectivity index (χ0) is 22.8. The molecule has 1 N–H and O–H groups in total. The Labute approximate surface area is 189 Å². The Morgan fingerprint density at radius 1 is 1.29 bits per heavy atom. The van der Waals surface area contributed by atoms with Crippen molar-refractivity contribution < 1.29 is 22.7 Å². The van der Waals surface area contributed by atoms with Crippen LogP contribution in [0.3, 0.4) is 0 Å². The summed E-state index contributed by atoms with van der Waals surface area (Å²) in [6.07, 6.45) is -0.00337. The van der Waals surface area contributed by atoms with Gasteiger partial charge in [0, 0.05) is 25.3 Å². The number of halogens is 1. The fourth-order valence-corrected chi connectivity index (χ4v) is 4.45. The number of benzene rings is 1. The summed E-state index contributed by atoms with van der Waals surface area (Å²) in [5.74, 6) is 0.00412. The van der Waals surface area contributed by atoms with E-state index in [-0.39, 0.29) is 24.8 Å². The van der Waals surface area contributed by atoms with E-state index in [1.54, 1.807) is 55.4 Å². The third-order valence-corrected chi connectivity index (χ3v) is 6.01. The number of amides is 2. The van der Waals surface area contributed by atoms with Crippen LogP contribution in [-0.2, 0) is 14.8 Å². The molecule has 0 aliphatic carbocycles. The minimum Gasteiger partial charge on any atom is -0.442 e. The van der Waals surface area contributed by atoms with Gasteiger partial charge in [0.05, 0.1) is 28.6 Å². The first kappa shape index (κ1) is 23.0. The van der Waals surface area contributed by atoms with E-state index in [0.717, 1.165) is 6.26 Å². The van der Waals surface area contributed by atoms with E-state index in [4.69, 9.17) is 16.3 Å². The van der Waals surface area contributed by atoms with Crippen LogP contribution in [0.4, 0.5) is 10.5 Å². The Morgan fingerprint density at radius 3 is 2.52 bits per heavy atom. The molecule has 2 aromatic rings. The van der Waals surface area contributed by atoms with E-state index in [1.807, 2.05) is 0 Å². The number of carbonyl (C=O) groups is 2. The van der Waals surface area contributed by atoms with Crippen LogP contribution < -0.4 is 10.2 Å². The molecule has 1 aliphatic heterocycles. The minimum atomic E-state index is -3.57. The molecule has 0 bridgehead atoms. The van der Waals surface area contributed by atoms with E-state index in [9.17, 15) is 18.0 Å². The summed E-state index contributed by atoms with van der Waals surface area (Å²) in [6.45, 7) is 0.433. The number of thiophene rings is 1. The lowest BCUT2D eigenvalue weighted by Crippen LogP contribution is -2.34. The zero-order valence-electron chi connectivity index (χ0n) is 17.0. The monoisotopic (exact) mass is 484 g/mol. The van der Waals surface area contributed by atoms with Crippen molar-refractivity contribution in [2.24, 2.45) is 4.40 Å². The Bertz CT molecular complexity index is 1110. The summed E-state index contributed by atoms with van der Waals surface area (Å²) < 4.78 is 32.7. The predicted octanol–water partition coefficient (Wildman–Crippen LogP) is 2.42. The van der Waals surface area contributed by atoms with Gasteiger partial charge in [0.15, 0.2) is 0 Å². The van der Waals surface area contributed by atoms with Gasteiger partial charge in [0.1, 0.15) is 11.9 Å². The highest BCUT2D eigenvalue weighted by Gasteiger charge is 2.32. The molecule has 1 aliphatic rings. The molecule has 1 saturated heterocycles. The maximum absolute atomic E-state index is 12.3. The standard InChI is InChI=1S/C19H21ClN4O5S2/c1-23(2)17(22-31(3,27)28)12-4-6-13(7-5-12)24-11-14(29-19(24)26)10-21-18(25)15-8-9-16(20)30-15/h4-9,14H,10-11H2,1-3H3,(H,21,25)/b22-17-. The van der Waals surface area contributed by atoms with Gasteiger partial charge >= 0.3 is 6.09 Å². The highest BCUT2D eigenvalue weighted by Crippen LogP contribution is 2.23. The third kappa shape index (κ3) is 5.96. The molecule has 1 atom stereocenters. The van der Waals surface area contributed by atoms with Gasteiger partial charge in [0.25, 0.3) is 15.9 Å². The van der Waals surface area contributed by atoms with Crippen LogP contribution in [-0.4, -0.2) is 70.7 Å². The van der Waals surface area contributed by atoms with Crippen LogP contribution in [0, 0.1) is 0 Å². The lowest BCUT2D eigenvalue weighted by molar-refractivity contribution is 0.0920. The molecule has 12 heteroatoms. The molecular weight excluding hydrogens is 464 g/mol. The molecule has 0 radical (unpaired) electrons. The number of nitrogens with one attached hydrogen (secondary N) is 1. The van der Waals surface area contributed by atoms with Crippen molar-refractivity contribution in [3.63, 3.8) is 0 Å². The second-order valence-electron chi connectivity index (χ2n) is 7.02. The number of nitrogens with zero attached hydrogens (tertiary/aromatic N) is 3. The van der Waals surface area contributed by atoms with Gasteiger partial charge in [-0.15, -0.1) is 15.7 Å². The maximum Gasteiger partial charge on any atom is 0.414 e. The van der Waals surface area contributed by atoms with Gasteiger partial charge in [-0.1, -0.05) is 11.6 Å².